The van der Waals surface area contributed by atoms with Crippen LogP contribution in [-0.2, 0) is 19.4 Å². The lowest BCUT2D eigenvalue weighted by Crippen LogP contribution is -2.50. The third kappa shape index (κ3) is 3.22. The van der Waals surface area contributed by atoms with Gasteiger partial charge < -0.3 is 10.0 Å². The van der Waals surface area contributed by atoms with Crippen LogP contribution in [0.4, 0.5) is 0 Å². The van der Waals surface area contributed by atoms with Gasteiger partial charge in [0.05, 0.1) is 11.5 Å². The number of rotatable bonds is 3. The summed E-state index contributed by atoms with van der Waals surface area (Å²) >= 11 is 0. The van der Waals surface area contributed by atoms with E-state index in [4.69, 9.17) is 0 Å². The lowest BCUT2D eigenvalue weighted by atomic mass is 9.78. The molecule has 1 atom stereocenters. The molecule has 0 radical (unpaired) electrons. The normalized spacial score (nSPS) is 27.8. The molecule has 1 aliphatic carbocycles. The third-order valence-corrected chi connectivity index (χ3v) is 6.60. The van der Waals surface area contributed by atoms with Crippen molar-refractivity contribution in [1.29, 1.82) is 0 Å². The van der Waals surface area contributed by atoms with Crippen molar-refractivity contribution in [1.82, 2.24) is 4.90 Å². The van der Waals surface area contributed by atoms with Crippen LogP contribution in [0.2, 0.25) is 0 Å². The molecule has 1 unspecified atom stereocenters. The number of hydrogen-bond acceptors (Lipinski definition) is 4. The van der Waals surface area contributed by atoms with Crippen LogP contribution in [0, 0.1) is 5.41 Å². The van der Waals surface area contributed by atoms with Gasteiger partial charge in [-0.05, 0) is 19.3 Å². The van der Waals surface area contributed by atoms with Gasteiger partial charge in [-0.1, -0.05) is 25.7 Å². The van der Waals surface area contributed by atoms with E-state index in [1.807, 2.05) is 0 Å². The van der Waals surface area contributed by atoms with E-state index in [0.29, 0.717) is 19.3 Å². The lowest BCUT2D eigenvalue weighted by molar-refractivity contribution is -0.162. The van der Waals surface area contributed by atoms with Crippen molar-refractivity contribution < 1.29 is 23.1 Å². The summed E-state index contributed by atoms with van der Waals surface area (Å²) in [7, 11) is -1.55. The van der Waals surface area contributed by atoms with Crippen molar-refractivity contribution in [2.45, 2.75) is 51.0 Å². The lowest BCUT2D eigenvalue weighted by Gasteiger charge is -2.34. The highest BCUT2D eigenvalue weighted by Gasteiger charge is 2.49. The fourth-order valence-electron chi connectivity index (χ4n) is 3.44. The Morgan fingerprint density at radius 1 is 1.14 bits per heavy atom. The minimum Gasteiger partial charge on any atom is -0.480 e. The fourth-order valence-corrected chi connectivity index (χ4v) is 5.21. The molecule has 1 aliphatic heterocycles. The largest absolute Gasteiger partial charge is 0.480 e. The minimum absolute atomic E-state index is 0.0507. The van der Waals surface area contributed by atoms with E-state index in [2.05, 4.69) is 0 Å². The monoisotopic (exact) mass is 317 g/mol. The van der Waals surface area contributed by atoms with Crippen LogP contribution < -0.4 is 0 Å². The van der Waals surface area contributed by atoms with Gasteiger partial charge in [0.25, 0.3) is 0 Å². The third-order valence-electron chi connectivity index (χ3n) is 4.85. The summed E-state index contributed by atoms with van der Waals surface area (Å²) in [4.78, 5) is 25.9. The SMILES string of the molecule is CN(C(=O)C1(C(=O)O)CCCCCC1)C1CCS(=O)(=O)C1. The fraction of sp³-hybridized carbons (Fsp3) is 0.857. The van der Waals surface area contributed by atoms with Crippen LogP contribution in [-0.4, -0.2) is 54.9 Å². The molecule has 0 aromatic rings. The number of amides is 1. The number of sulfone groups is 1. The Morgan fingerprint density at radius 3 is 2.14 bits per heavy atom. The molecule has 1 saturated carbocycles. The zero-order valence-corrected chi connectivity index (χ0v) is 13.2. The van der Waals surface area contributed by atoms with Crippen molar-refractivity contribution >= 4 is 21.7 Å². The Kier molecular flexibility index (Phi) is 4.60. The summed E-state index contributed by atoms with van der Waals surface area (Å²) in [5, 5.41) is 9.61. The predicted molar refractivity (Wildman–Crippen MR) is 77.6 cm³/mol. The number of carbonyl (C=O) groups excluding carboxylic acids is 1. The van der Waals surface area contributed by atoms with Crippen molar-refractivity contribution in [3.8, 4) is 0 Å². The summed E-state index contributed by atoms with van der Waals surface area (Å²) in [6.45, 7) is 0. The number of hydrogen-bond donors (Lipinski definition) is 1. The maximum absolute atomic E-state index is 12.8. The van der Waals surface area contributed by atoms with Crippen molar-refractivity contribution in [2.24, 2.45) is 5.41 Å². The predicted octanol–water partition coefficient (Wildman–Crippen LogP) is 1.06. The summed E-state index contributed by atoms with van der Waals surface area (Å²) in [5.74, 6) is -1.46. The highest BCUT2D eigenvalue weighted by Crippen LogP contribution is 2.38. The standard InChI is InChI=1S/C14H23NO5S/c1-15(11-6-9-21(19,20)10-11)12(16)14(13(17)18)7-4-2-3-5-8-14/h11H,2-10H2,1H3,(H,17,18). The highest BCUT2D eigenvalue weighted by atomic mass is 32.2. The van der Waals surface area contributed by atoms with Gasteiger partial charge in [0.15, 0.2) is 9.84 Å². The molecule has 1 N–H and O–H groups in total. The molecule has 0 spiro atoms. The maximum Gasteiger partial charge on any atom is 0.319 e. The zero-order valence-electron chi connectivity index (χ0n) is 12.4. The zero-order chi connectivity index (χ0) is 15.7. The van der Waals surface area contributed by atoms with E-state index in [9.17, 15) is 23.1 Å². The average molecular weight is 317 g/mol. The second kappa shape index (κ2) is 5.94. The Hall–Kier alpha value is -1.11. The van der Waals surface area contributed by atoms with Crippen LogP contribution in [0.3, 0.4) is 0 Å². The highest BCUT2D eigenvalue weighted by molar-refractivity contribution is 7.91. The molecule has 0 bridgehead atoms. The van der Waals surface area contributed by atoms with Gasteiger partial charge in [0.2, 0.25) is 5.91 Å². The molecule has 1 amide bonds. The second-order valence-corrected chi connectivity index (χ2v) is 8.50. The topological polar surface area (TPSA) is 91.8 Å². The maximum atomic E-state index is 12.8. The van der Waals surface area contributed by atoms with Crippen LogP contribution in [0.25, 0.3) is 0 Å². The molecule has 7 heteroatoms. The first-order chi connectivity index (χ1) is 9.78. The number of aliphatic carboxylic acids is 1. The first kappa shape index (κ1) is 16.3. The number of carboxylic acids is 1. The number of carboxylic acid groups (broad SMARTS) is 1. The summed E-state index contributed by atoms with van der Waals surface area (Å²) in [6.07, 6.45) is 4.47. The first-order valence-electron chi connectivity index (χ1n) is 7.50. The van der Waals surface area contributed by atoms with Crippen LogP contribution in [0.5, 0.6) is 0 Å². The molecule has 0 aromatic heterocycles. The molecule has 120 valence electrons. The summed E-state index contributed by atoms with van der Waals surface area (Å²) in [6, 6.07) is -0.387. The first-order valence-corrected chi connectivity index (χ1v) is 9.32. The summed E-state index contributed by atoms with van der Waals surface area (Å²) in [5.41, 5.74) is -1.36. The van der Waals surface area contributed by atoms with E-state index < -0.39 is 27.1 Å². The van der Waals surface area contributed by atoms with Crippen LogP contribution in [0.1, 0.15) is 44.9 Å². The van der Waals surface area contributed by atoms with Crippen LogP contribution in [0.15, 0.2) is 0 Å². The van der Waals surface area contributed by atoms with E-state index >= 15 is 0 Å². The minimum atomic E-state index is -3.09. The summed E-state index contributed by atoms with van der Waals surface area (Å²) < 4.78 is 23.1. The molecule has 2 rings (SSSR count). The molecule has 1 heterocycles. The van der Waals surface area contributed by atoms with Crippen molar-refractivity contribution in [2.75, 3.05) is 18.6 Å². The molecule has 6 nitrogen and oxygen atoms in total. The number of carbonyl (C=O) groups is 2. The van der Waals surface area contributed by atoms with Gasteiger partial charge in [-0.3, -0.25) is 9.59 Å². The molecule has 2 fully saturated rings. The molecule has 21 heavy (non-hydrogen) atoms. The average Bonchev–Trinajstić information content (AvgIpc) is 2.66. The van der Waals surface area contributed by atoms with Gasteiger partial charge in [-0.2, -0.15) is 0 Å². The molecular weight excluding hydrogens is 294 g/mol. The molecule has 2 aliphatic rings. The van der Waals surface area contributed by atoms with Gasteiger partial charge >= 0.3 is 5.97 Å². The van der Waals surface area contributed by atoms with E-state index in [0.717, 1.165) is 25.7 Å². The Bertz CT molecular complexity index is 519. The van der Waals surface area contributed by atoms with Crippen LogP contribution >= 0.6 is 0 Å². The molecule has 1 saturated heterocycles. The van der Waals surface area contributed by atoms with Gasteiger partial charge in [0.1, 0.15) is 5.41 Å². The van der Waals surface area contributed by atoms with E-state index in [1.54, 1.807) is 7.05 Å². The smallest absolute Gasteiger partial charge is 0.319 e. The van der Waals surface area contributed by atoms with Crippen molar-refractivity contribution in [3.63, 3.8) is 0 Å². The Morgan fingerprint density at radius 2 is 1.71 bits per heavy atom. The van der Waals surface area contributed by atoms with E-state index in [-0.39, 0.29) is 17.5 Å². The van der Waals surface area contributed by atoms with E-state index in [1.165, 1.54) is 4.90 Å². The van der Waals surface area contributed by atoms with Gasteiger partial charge in [-0.15, -0.1) is 0 Å². The quantitative estimate of drug-likeness (QED) is 0.620. The molecular formula is C14H23NO5S. The second-order valence-electron chi connectivity index (χ2n) is 6.27. The number of nitrogens with zero attached hydrogens (tertiary/aromatic N) is 1. The van der Waals surface area contributed by atoms with Gasteiger partial charge in [-0.25, -0.2) is 8.42 Å². The van der Waals surface area contributed by atoms with Crippen molar-refractivity contribution in [3.05, 3.63) is 0 Å². The van der Waals surface area contributed by atoms with Gasteiger partial charge in [0, 0.05) is 13.1 Å². The Balaban J connectivity index is 2.20. The Labute approximate surface area is 125 Å². The molecule has 0 aromatic carbocycles.